The Labute approximate surface area is 250 Å². The predicted molar refractivity (Wildman–Crippen MR) is 172 cm³/mol. The molecular formula is C36H43ClN2O2. The molecule has 3 aliphatic rings. The average molecular weight is 571 g/mol. The van der Waals surface area contributed by atoms with Crippen molar-refractivity contribution in [2.45, 2.75) is 63.5 Å². The van der Waals surface area contributed by atoms with Crippen LogP contribution in [0.3, 0.4) is 0 Å². The van der Waals surface area contributed by atoms with E-state index >= 15 is 0 Å². The molecule has 1 saturated carbocycles. The monoisotopic (exact) mass is 570 g/mol. The molecule has 5 rings (SSSR count). The van der Waals surface area contributed by atoms with Gasteiger partial charge in [-0.3, -0.25) is 0 Å². The summed E-state index contributed by atoms with van der Waals surface area (Å²) in [6.45, 7) is 14.1. The van der Waals surface area contributed by atoms with Gasteiger partial charge in [-0.05, 0) is 104 Å². The van der Waals surface area contributed by atoms with E-state index in [1.807, 2.05) is 25.1 Å². The van der Waals surface area contributed by atoms with Gasteiger partial charge in [0.15, 0.2) is 0 Å². The molecule has 5 heteroatoms. The Kier molecular flexibility index (Phi) is 9.54. The maximum absolute atomic E-state index is 6.84. The summed E-state index contributed by atoms with van der Waals surface area (Å²) >= 11 is 6.10. The van der Waals surface area contributed by atoms with Crippen LogP contribution in [0.15, 0.2) is 91.1 Å². The fourth-order valence-electron chi connectivity index (χ4n) is 6.15. The second-order valence-electron chi connectivity index (χ2n) is 11.6. The third-order valence-corrected chi connectivity index (χ3v) is 8.94. The molecule has 2 aliphatic heterocycles. The van der Waals surface area contributed by atoms with Gasteiger partial charge in [-0.25, -0.2) is 0 Å². The Morgan fingerprint density at radius 3 is 2.56 bits per heavy atom. The number of nitrogens with zero attached hydrogens (tertiary/aromatic N) is 1. The number of piperidine rings is 1. The minimum atomic E-state index is -0.295. The first-order valence-electron chi connectivity index (χ1n) is 15.0. The topological polar surface area (TPSA) is 47.7 Å². The molecule has 41 heavy (non-hydrogen) atoms. The summed E-state index contributed by atoms with van der Waals surface area (Å²) in [7, 11) is 0. The van der Waals surface area contributed by atoms with Crippen molar-refractivity contribution in [1.82, 2.24) is 4.90 Å². The van der Waals surface area contributed by atoms with Crippen LogP contribution < -0.4 is 10.5 Å². The SMILES string of the molecule is C=C1COc2ccc(C(=C)OC3CCCC3)cc2C(=C/CCN2CCC(N)(c3ccc(Cl)cc3)CC2)/C1=C/C=C\C. The lowest BCUT2D eigenvalue weighted by Gasteiger charge is -2.39. The van der Waals surface area contributed by atoms with Gasteiger partial charge in [0.2, 0.25) is 0 Å². The second-order valence-corrected chi connectivity index (χ2v) is 12.0. The molecule has 0 aromatic heterocycles. The number of benzene rings is 2. The van der Waals surface area contributed by atoms with Crippen LogP contribution in [0.25, 0.3) is 11.3 Å². The Morgan fingerprint density at radius 1 is 1.12 bits per heavy atom. The lowest BCUT2D eigenvalue weighted by molar-refractivity contribution is 0.164. The lowest BCUT2D eigenvalue weighted by Crippen LogP contribution is -2.48. The van der Waals surface area contributed by atoms with E-state index in [4.69, 9.17) is 26.8 Å². The van der Waals surface area contributed by atoms with E-state index in [1.165, 1.54) is 18.4 Å². The zero-order valence-electron chi connectivity index (χ0n) is 24.3. The molecule has 4 nitrogen and oxygen atoms in total. The van der Waals surface area contributed by atoms with E-state index in [9.17, 15) is 0 Å². The van der Waals surface area contributed by atoms with Gasteiger partial charge in [-0.1, -0.05) is 61.2 Å². The molecular weight excluding hydrogens is 528 g/mol. The van der Waals surface area contributed by atoms with Crippen LogP contribution in [0.4, 0.5) is 0 Å². The van der Waals surface area contributed by atoms with E-state index in [0.29, 0.717) is 6.61 Å². The number of ether oxygens (including phenoxy) is 2. The third kappa shape index (κ3) is 7.06. The zero-order chi connectivity index (χ0) is 28.8. The molecule has 1 saturated heterocycles. The van der Waals surface area contributed by atoms with E-state index in [2.05, 4.69) is 66.6 Å². The fraction of sp³-hybridized carbons (Fsp3) is 0.389. The molecule has 216 valence electrons. The van der Waals surface area contributed by atoms with Crippen molar-refractivity contribution in [3.05, 3.63) is 113 Å². The van der Waals surface area contributed by atoms with Gasteiger partial charge >= 0.3 is 0 Å². The normalized spacial score (nSPS) is 21.7. The van der Waals surface area contributed by atoms with Crippen molar-refractivity contribution >= 4 is 22.9 Å². The van der Waals surface area contributed by atoms with E-state index < -0.39 is 0 Å². The minimum Gasteiger partial charge on any atom is -0.490 e. The van der Waals surface area contributed by atoms with E-state index in [-0.39, 0.29) is 11.6 Å². The standard InChI is InChI=1S/C36H43ClN2O2/c1-4-5-11-32-26(2)25-40-35-18-13-28(27(3)41-31-9-6-7-10-31)24-34(35)33(32)12-8-21-39-22-19-36(38,20-23-39)29-14-16-30(37)17-15-29/h4-5,11-18,24,31H,2-3,6-10,19-23,25,38H2,1H3/b5-4-,32-11+,33-12+. The van der Waals surface area contributed by atoms with Crippen LogP contribution in [0.2, 0.25) is 5.02 Å². The summed E-state index contributed by atoms with van der Waals surface area (Å²) < 4.78 is 12.5. The Bertz CT molecular complexity index is 1340. The van der Waals surface area contributed by atoms with Crippen LogP contribution in [0.1, 0.15) is 68.6 Å². The minimum absolute atomic E-state index is 0.272. The van der Waals surface area contributed by atoms with Crippen molar-refractivity contribution in [2.24, 2.45) is 5.73 Å². The molecule has 0 amide bonds. The second kappa shape index (κ2) is 13.3. The number of halogens is 1. The van der Waals surface area contributed by atoms with Crippen molar-refractivity contribution in [2.75, 3.05) is 26.2 Å². The van der Waals surface area contributed by atoms with Gasteiger partial charge in [0.1, 0.15) is 18.1 Å². The quantitative estimate of drug-likeness (QED) is 0.323. The first kappa shape index (κ1) is 29.4. The molecule has 2 N–H and O–H groups in total. The molecule has 0 unspecified atom stereocenters. The van der Waals surface area contributed by atoms with Crippen molar-refractivity contribution in [3.63, 3.8) is 0 Å². The molecule has 0 radical (unpaired) electrons. The summed E-state index contributed by atoms with van der Waals surface area (Å²) in [6, 6.07) is 14.3. The van der Waals surface area contributed by atoms with Crippen LogP contribution in [-0.2, 0) is 10.3 Å². The number of hydrogen-bond donors (Lipinski definition) is 1. The van der Waals surface area contributed by atoms with Crippen LogP contribution in [0.5, 0.6) is 5.75 Å². The van der Waals surface area contributed by atoms with Gasteiger partial charge in [0.25, 0.3) is 0 Å². The smallest absolute Gasteiger partial charge is 0.127 e. The average Bonchev–Trinajstić information content (AvgIpc) is 3.45. The summed E-state index contributed by atoms with van der Waals surface area (Å²) in [5, 5.41) is 0.747. The van der Waals surface area contributed by atoms with Crippen LogP contribution in [-0.4, -0.2) is 37.2 Å². The highest BCUT2D eigenvalue weighted by Gasteiger charge is 2.32. The lowest BCUT2D eigenvalue weighted by atomic mass is 9.82. The third-order valence-electron chi connectivity index (χ3n) is 8.69. The maximum atomic E-state index is 6.84. The Hall–Kier alpha value is -3.05. The maximum Gasteiger partial charge on any atom is 0.127 e. The van der Waals surface area contributed by atoms with Gasteiger partial charge < -0.3 is 20.1 Å². The molecule has 0 spiro atoms. The van der Waals surface area contributed by atoms with Crippen LogP contribution >= 0.6 is 11.6 Å². The van der Waals surface area contributed by atoms with Gasteiger partial charge in [-0.15, -0.1) is 0 Å². The van der Waals surface area contributed by atoms with Gasteiger partial charge in [0, 0.05) is 41.3 Å². The summed E-state index contributed by atoms with van der Waals surface area (Å²) in [6.07, 6.45) is 16.3. The summed E-state index contributed by atoms with van der Waals surface area (Å²) in [4.78, 5) is 2.52. The van der Waals surface area contributed by atoms with Crippen molar-refractivity contribution in [3.8, 4) is 5.75 Å². The Morgan fingerprint density at radius 2 is 1.85 bits per heavy atom. The van der Waals surface area contributed by atoms with E-state index in [1.54, 1.807) is 0 Å². The van der Waals surface area contributed by atoms with Crippen molar-refractivity contribution < 1.29 is 9.47 Å². The summed E-state index contributed by atoms with van der Waals surface area (Å²) in [5.41, 5.74) is 13.0. The highest BCUT2D eigenvalue weighted by molar-refractivity contribution is 6.30. The number of allylic oxidation sites excluding steroid dienone is 4. The number of rotatable bonds is 8. The highest BCUT2D eigenvalue weighted by Crippen LogP contribution is 2.40. The fourth-order valence-corrected chi connectivity index (χ4v) is 6.28. The van der Waals surface area contributed by atoms with E-state index in [0.717, 1.165) is 96.1 Å². The van der Waals surface area contributed by atoms with Gasteiger partial charge in [-0.2, -0.15) is 0 Å². The molecule has 2 aromatic rings. The predicted octanol–water partition coefficient (Wildman–Crippen LogP) is 8.44. The number of likely N-dealkylation sites (tertiary alicyclic amines) is 1. The number of nitrogens with two attached hydrogens (primary N) is 1. The molecule has 2 heterocycles. The van der Waals surface area contributed by atoms with Crippen molar-refractivity contribution in [1.29, 1.82) is 0 Å². The first-order valence-corrected chi connectivity index (χ1v) is 15.4. The molecule has 2 aromatic carbocycles. The van der Waals surface area contributed by atoms with Gasteiger partial charge in [0.05, 0.1) is 6.10 Å². The molecule has 0 atom stereocenters. The zero-order valence-corrected chi connectivity index (χ0v) is 25.1. The molecule has 0 bridgehead atoms. The number of hydrogen-bond acceptors (Lipinski definition) is 4. The molecule has 2 fully saturated rings. The van der Waals surface area contributed by atoms with Crippen LogP contribution in [0, 0.1) is 0 Å². The Balaban J connectivity index is 1.34. The number of fused-ring (bicyclic) bond motifs is 1. The summed E-state index contributed by atoms with van der Waals surface area (Å²) in [5.74, 6) is 1.60. The molecule has 1 aliphatic carbocycles. The highest BCUT2D eigenvalue weighted by atomic mass is 35.5. The largest absolute Gasteiger partial charge is 0.490 e. The first-order chi connectivity index (χ1) is 19.9.